The highest BCUT2D eigenvalue weighted by atomic mass is 35.5. The third kappa shape index (κ3) is 6.10. The molecule has 0 spiro atoms. The molecule has 0 saturated carbocycles. The molecule has 0 radical (unpaired) electrons. The average molecular weight is 706 g/mol. The summed E-state index contributed by atoms with van der Waals surface area (Å²) in [6, 6.07) is 8.30. The Hall–Kier alpha value is -3.51. The SMILES string of the molecule is Cc1nc2sc1CCc1cc3c(c(c1)OCCCc1c(C(=O)O)n(C)c4c(c(Cl)ccc14)-c1c(C)nn(CCO)c1CSC2)NCCC3. The van der Waals surface area contributed by atoms with Crippen molar-refractivity contribution in [3.63, 3.8) is 0 Å². The van der Waals surface area contributed by atoms with Crippen LogP contribution in [0.3, 0.4) is 0 Å². The lowest BCUT2D eigenvalue weighted by Gasteiger charge is -2.23. The summed E-state index contributed by atoms with van der Waals surface area (Å²) in [5.74, 6) is 1.27. The zero-order valence-electron chi connectivity index (χ0n) is 27.5. The number of anilines is 1. The first-order valence-corrected chi connectivity index (χ1v) is 18.9. The third-order valence-electron chi connectivity index (χ3n) is 9.44. The number of hydrogen-bond acceptors (Lipinski definition) is 8. The van der Waals surface area contributed by atoms with E-state index in [0.717, 1.165) is 99.1 Å². The molecule has 252 valence electrons. The number of aryl methyl sites for hydroxylation is 7. The van der Waals surface area contributed by atoms with Gasteiger partial charge in [-0.25, -0.2) is 9.78 Å². The van der Waals surface area contributed by atoms with E-state index in [-0.39, 0.29) is 12.3 Å². The van der Waals surface area contributed by atoms with E-state index in [4.69, 9.17) is 26.4 Å². The molecule has 2 aliphatic rings. The van der Waals surface area contributed by atoms with Crippen molar-refractivity contribution in [2.45, 2.75) is 70.4 Å². The Kier molecular flexibility index (Phi) is 9.47. The first kappa shape index (κ1) is 33.0. The van der Waals surface area contributed by atoms with E-state index in [1.165, 1.54) is 16.0 Å². The topological polar surface area (TPSA) is 114 Å². The minimum absolute atomic E-state index is 0.0493. The molecule has 3 aromatic heterocycles. The number of halogens is 1. The van der Waals surface area contributed by atoms with Crippen LogP contribution >= 0.6 is 34.7 Å². The largest absolute Gasteiger partial charge is 0.491 e. The lowest BCUT2D eigenvalue weighted by atomic mass is 9.97. The number of hydrogen-bond donors (Lipinski definition) is 3. The number of carboxylic acids is 1. The number of aromatic carboxylic acids is 1. The molecular weight excluding hydrogens is 666 g/mol. The first-order valence-electron chi connectivity index (χ1n) is 16.5. The predicted molar refractivity (Wildman–Crippen MR) is 194 cm³/mol. The van der Waals surface area contributed by atoms with Crippen molar-refractivity contribution in [2.75, 3.05) is 25.1 Å². The maximum absolute atomic E-state index is 12.8. The van der Waals surface area contributed by atoms with Crippen LogP contribution in [0.25, 0.3) is 22.0 Å². The Balaban J connectivity index is 1.36. The van der Waals surface area contributed by atoms with Crippen molar-refractivity contribution in [2.24, 2.45) is 7.05 Å². The summed E-state index contributed by atoms with van der Waals surface area (Å²) in [7, 11) is 1.80. The second-order valence-corrected chi connectivity index (χ2v) is 15.1. The van der Waals surface area contributed by atoms with E-state index in [1.807, 2.05) is 23.7 Å². The number of aliphatic hydroxyl groups excluding tert-OH is 1. The van der Waals surface area contributed by atoms with Crippen LogP contribution < -0.4 is 10.1 Å². The molecule has 5 aromatic rings. The molecule has 2 aliphatic heterocycles. The molecule has 0 aliphatic carbocycles. The van der Waals surface area contributed by atoms with E-state index < -0.39 is 5.97 Å². The highest BCUT2D eigenvalue weighted by Gasteiger charge is 2.28. The number of aromatic nitrogens is 4. The van der Waals surface area contributed by atoms with E-state index >= 15 is 0 Å². The van der Waals surface area contributed by atoms with Gasteiger partial charge in [0.1, 0.15) is 16.5 Å². The van der Waals surface area contributed by atoms with Crippen LogP contribution in [0.5, 0.6) is 5.75 Å². The Morgan fingerprint density at radius 1 is 1.08 bits per heavy atom. The summed E-state index contributed by atoms with van der Waals surface area (Å²) in [5.41, 5.74) is 9.91. The minimum atomic E-state index is -0.978. The lowest BCUT2D eigenvalue weighted by Crippen LogP contribution is -2.14. The average Bonchev–Trinajstić information content (AvgIpc) is 3.67. The Bertz CT molecular complexity index is 2030. The van der Waals surface area contributed by atoms with Gasteiger partial charge in [0.15, 0.2) is 0 Å². The van der Waals surface area contributed by atoms with Crippen molar-refractivity contribution in [1.82, 2.24) is 19.3 Å². The van der Waals surface area contributed by atoms with Gasteiger partial charge in [0.05, 0.1) is 53.1 Å². The monoisotopic (exact) mass is 705 g/mol. The Morgan fingerprint density at radius 3 is 2.75 bits per heavy atom. The standard InChI is InChI=1S/C36H40ClN5O4S2/c1-20-29-11-8-22-16-23-6-4-12-38-33(23)28(17-22)46-15-5-7-24-25-9-10-26(37)32(34(25)41(3)35(24)36(44)45)31-21(2)40-42(13-14-43)27(31)18-47-19-30(39-20)48-29/h9-10,16-17,38,43H,4-8,11-15,18-19H2,1-3H3,(H,44,45). The highest BCUT2D eigenvalue weighted by Crippen LogP contribution is 2.43. The van der Waals surface area contributed by atoms with Crippen LogP contribution in [0, 0.1) is 13.8 Å². The summed E-state index contributed by atoms with van der Waals surface area (Å²) >= 11 is 10.6. The van der Waals surface area contributed by atoms with Gasteiger partial charge in [0.25, 0.3) is 0 Å². The number of nitrogens with zero attached hydrogens (tertiary/aromatic N) is 4. The maximum atomic E-state index is 12.8. The van der Waals surface area contributed by atoms with Crippen LogP contribution in [0.4, 0.5) is 5.69 Å². The third-order valence-corrected chi connectivity index (χ3v) is 12.1. The van der Waals surface area contributed by atoms with Crippen molar-refractivity contribution < 1.29 is 19.7 Å². The number of carboxylic acid groups (broad SMARTS) is 1. The van der Waals surface area contributed by atoms with Crippen molar-refractivity contribution in [3.05, 3.63) is 78.6 Å². The van der Waals surface area contributed by atoms with Crippen LogP contribution in [0.1, 0.15) is 67.0 Å². The fraction of sp³-hybridized carbons (Fsp3) is 0.417. The molecule has 2 aromatic carbocycles. The molecule has 0 fully saturated rings. The van der Waals surface area contributed by atoms with Crippen LogP contribution in [-0.4, -0.2) is 55.3 Å². The molecule has 7 rings (SSSR count). The van der Waals surface area contributed by atoms with E-state index in [1.54, 1.807) is 34.7 Å². The fourth-order valence-corrected chi connectivity index (χ4v) is 9.76. The molecule has 12 heteroatoms. The molecule has 8 bridgehead atoms. The van der Waals surface area contributed by atoms with Crippen molar-refractivity contribution >= 4 is 57.3 Å². The van der Waals surface area contributed by atoms with Gasteiger partial charge in [-0.05, 0) is 81.2 Å². The van der Waals surface area contributed by atoms with Gasteiger partial charge in [-0.3, -0.25) is 4.68 Å². The summed E-state index contributed by atoms with van der Waals surface area (Å²) in [6.45, 7) is 5.73. The second kappa shape index (κ2) is 13.8. The van der Waals surface area contributed by atoms with E-state index in [9.17, 15) is 15.0 Å². The highest BCUT2D eigenvalue weighted by molar-refractivity contribution is 7.97. The van der Waals surface area contributed by atoms with Gasteiger partial charge >= 0.3 is 5.97 Å². The molecule has 0 saturated heterocycles. The van der Waals surface area contributed by atoms with Gasteiger partial charge in [-0.1, -0.05) is 23.7 Å². The molecule has 9 nitrogen and oxygen atoms in total. The number of aliphatic hydroxyl groups is 1. The van der Waals surface area contributed by atoms with E-state index in [2.05, 4.69) is 24.4 Å². The minimum Gasteiger partial charge on any atom is -0.491 e. The number of nitrogens with one attached hydrogen (secondary N) is 1. The molecule has 0 amide bonds. The number of fused-ring (bicyclic) bond motifs is 8. The molecule has 3 N–H and O–H groups in total. The first-order chi connectivity index (χ1) is 23.2. The lowest BCUT2D eigenvalue weighted by molar-refractivity contribution is 0.0685. The second-order valence-electron chi connectivity index (χ2n) is 12.6. The number of benzene rings is 2. The van der Waals surface area contributed by atoms with E-state index in [0.29, 0.717) is 36.8 Å². The van der Waals surface area contributed by atoms with Crippen LogP contribution in [0.2, 0.25) is 5.02 Å². The van der Waals surface area contributed by atoms with Gasteiger partial charge in [0.2, 0.25) is 0 Å². The normalized spacial score (nSPS) is 15.4. The quantitative estimate of drug-likeness (QED) is 0.179. The summed E-state index contributed by atoms with van der Waals surface area (Å²) < 4.78 is 10.1. The van der Waals surface area contributed by atoms with Gasteiger partial charge in [0, 0.05) is 46.5 Å². The van der Waals surface area contributed by atoms with Crippen LogP contribution in [-0.2, 0) is 50.8 Å². The van der Waals surface area contributed by atoms with Crippen LogP contribution in [0.15, 0.2) is 24.3 Å². The van der Waals surface area contributed by atoms with Crippen molar-refractivity contribution in [1.29, 1.82) is 0 Å². The summed E-state index contributed by atoms with van der Waals surface area (Å²) in [4.78, 5) is 19.0. The molecular formula is C36H40ClN5O4S2. The predicted octanol–water partition coefficient (Wildman–Crippen LogP) is 7.36. The zero-order valence-corrected chi connectivity index (χ0v) is 29.9. The van der Waals surface area contributed by atoms with Gasteiger partial charge in [-0.15, -0.1) is 23.1 Å². The number of rotatable bonds is 3. The number of carbonyl (C=O) groups is 1. The molecule has 48 heavy (non-hydrogen) atoms. The van der Waals surface area contributed by atoms with Gasteiger partial charge < -0.3 is 24.8 Å². The fourth-order valence-electron chi connectivity index (χ4n) is 7.34. The van der Waals surface area contributed by atoms with Crippen molar-refractivity contribution in [3.8, 4) is 16.9 Å². The smallest absolute Gasteiger partial charge is 0.352 e. The molecule has 0 atom stereocenters. The zero-order chi connectivity index (χ0) is 33.5. The number of ether oxygens (including phenoxy) is 1. The summed E-state index contributed by atoms with van der Waals surface area (Å²) in [6.07, 6.45) is 5.12. The maximum Gasteiger partial charge on any atom is 0.352 e. The molecule has 0 unspecified atom stereocenters. The summed E-state index contributed by atoms with van der Waals surface area (Å²) in [5, 5.41) is 31.3. The molecule has 5 heterocycles. The van der Waals surface area contributed by atoms with Gasteiger partial charge in [-0.2, -0.15) is 5.10 Å². The Labute approximate surface area is 293 Å². The number of thioether (sulfide) groups is 1. The number of thiazole rings is 1. The Morgan fingerprint density at radius 2 is 1.94 bits per heavy atom.